The number of amides is 2. The molecule has 0 aromatic heterocycles. The second-order valence-corrected chi connectivity index (χ2v) is 8.12. The molecular formula is C25H30N2O4. The Balaban J connectivity index is 1.59. The van der Waals surface area contributed by atoms with Gasteiger partial charge in [-0.15, -0.1) is 0 Å². The SMILES string of the molecule is CCC(=O)N1CCc2cc(C(=O)N(Cc3ccccc3OC)CC3CCCO3)ccc21. The minimum Gasteiger partial charge on any atom is -0.496 e. The Labute approximate surface area is 183 Å². The maximum Gasteiger partial charge on any atom is 0.254 e. The van der Waals surface area contributed by atoms with E-state index in [1.165, 1.54) is 0 Å². The summed E-state index contributed by atoms with van der Waals surface area (Å²) in [5, 5.41) is 0. The number of hydrogen-bond donors (Lipinski definition) is 0. The van der Waals surface area contributed by atoms with Crippen LogP contribution in [0.25, 0.3) is 0 Å². The van der Waals surface area contributed by atoms with Gasteiger partial charge in [0.15, 0.2) is 0 Å². The zero-order valence-electron chi connectivity index (χ0n) is 18.3. The number of para-hydroxylation sites is 1. The molecule has 1 fully saturated rings. The van der Waals surface area contributed by atoms with Crippen molar-refractivity contribution in [1.29, 1.82) is 0 Å². The van der Waals surface area contributed by atoms with Gasteiger partial charge in [-0.1, -0.05) is 25.1 Å². The zero-order valence-corrected chi connectivity index (χ0v) is 18.3. The monoisotopic (exact) mass is 422 g/mol. The van der Waals surface area contributed by atoms with Crippen molar-refractivity contribution in [3.05, 3.63) is 59.2 Å². The molecule has 6 heteroatoms. The fourth-order valence-electron chi connectivity index (χ4n) is 4.46. The number of benzene rings is 2. The fourth-order valence-corrected chi connectivity index (χ4v) is 4.46. The Morgan fingerprint density at radius 2 is 2.06 bits per heavy atom. The highest BCUT2D eigenvalue weighted by Crippen LogP contribution is 2.30. The smallest absolute Gasteiger partial charge is 0.254 e. The maximum atomic E-state index is 13.6. The van der Waals surface area contributed by atoms with Crippen molar-refractivity contribution >= 4 is 17.5 Å². The predicted molar refractivity (Wildman–Crippen MR) is 119 cm³/mol. The van der Waals surface area contributed by atoms with E-state index in [-0.39, 0.29) is 17.9 Å². The third kappa shape index (κ3) is 4.59. The van der Waals surface area contributed by atoms with Crippen LogP contribution in [0.2, 0.25) is 0 Å². The second-order valence-electron chi connectivity index (χ2n) is 8.12. The van der Waals surface area contributed by atoms with Crippen LogP contribution in [-0.4, -0.2) is 49.6 Å². The van der Waals surface area contributed by atoms with E-state index in [4.69, 9.17) is 9.47 Å². The molecule has 2 aliphatic heterocycles. The van der Waals surface area contributed by atoms with Gasteiger partial charge < -0.3 is 19.3 Å². The van der Waals surface area contributed by atoms with Gasteiger partial charge in [0.2, 0.25) is 5.91 Å². The van der Waals surface area contributed by atoms with E-state index < -0.39 is 0 Å². The summed E-state index contributed by atoms with van der Waals surface area (Å²) in [4.78, 5) is 29.4. The lowest BCUT2D eigenvalue weighted by Crippen LogP contribution is -2.37. The predicted octanol–water partition coefficient (Wildman–Crippen LogP) is 3.82. The Morgan fingerprint density at radius 1 is 1.23 bits per heavy atom. The number of carbonyl (C=O) groups excluding carboxylic acids is 2. The summed E-state index contributed by atoms with van der Waals surface area (Å²) in [7, 11) is 1.65. The van der Waals surface area contributed by atoms with Gasteiger partial charge >= 0.3 is 0 Å². The van der Waals surface area contributed by atoms with E-state index >= 15 is 0 Å². The first-order valence-corrected chi connectivity index (χ1v) is 11.1. The summed E-state index contributed by atoms with van der Waals surface area (Å²) in [5.74, 6) is 0.869. The first-order chi connectivity index (χ1) is 15.1. The molecule has 0 N–H and O–H groups in total. The maximum absolute atomic E-state index is 13.6. The summed E-state index contributed by atoms with van der Waals surface area (Å²) in [6.07, 6.45) is 3.31. The van der Waals surface area contributed by atoms with Crippen molar-refractivity contribution in [2.75, 3.05) is 31.7 Å². The Kier molecular flexibility index (Phi) is 6.56. The van der Waals surface area contributed by atoms with Gasteiger partial charge in [-0.3, -0.25) is 9.59 Å². The van der Waals surface area contributed by atoms with Crippen LogP contribution >= 0.6 is 0 Å². The van der Waals surface area contributed by atoms with Crippen molar-refractivity contribution in [2.45, 2.75) is 45.3 Å². The van der Waals surface area contributed by atoms with Crippen molar-refractivity contribution in [1.82, 2.24) is 4.90 Å². The van der Waals surface area contributed by atoms with Crippen molar-refractivity contribution in [3.63, 3.8) is 0 Å². The lowest BCUT2D eigenvalue weighted by molar-refractivity contribution is -0.118. The van der Waals surface area contributed by atoms with Crippen LogP contribution < -0.4 is 9.64 Å². The first-order valence-electron chi connectivity index (χ1n) is 11.1. The van der Waals surface area contributed by atoms with E-state index in [1.807, 2.05) is 59.2 Å². The number of rotatable bonds is 7. The van der Waals surface area contributed by atoms with Crippen LogP contribution in [0.1, 0.15) is 47.7 Å². The summed E-state index contributed by atoms with van der Waals surface area (Å²) < 4.78 is 11.3. The van der Waals surface area contributed by atoms with Crippen LogP contribution in [0.15, 0.2) is 42.5 Å². The standard InChI is InChI=1S/C25H30N2O4/c1-3-24(28)27-13-12-18-15-19(10-11-22(18)27)25(29)26(17-21-8-6-14-31-21)16-20-7-4-5-9-23(20)30-2/h4-5,7,9-11,15,21H,3,6,8,12-14,16-17H2,1-2H3. The Bertz CT molecular complexity index is 952. The molecular weight excluding hydrogens is 392 g/mol. The van der Waals surface area contributed by atoms with Crippen LogP contribution in [-0.2, 0) is 22.5 Å². The van der Waals surface area contributed by atoms with Crippen LogP contribution in [0.5, 0.6) is 5.75 Å². The highest BCUT2D eigenvalue weighted by atomic mass is 16.5. The van der Waals surface area contributed by atoms with Crippen LogP contribution in [0.4, 0.5) is 5.69 Å². The molecule has 0 saturated carbocycles. The lowest BCUT2D eigenvalue weighted by Gasteiger charge is -2.27. The van der Waals surface area contributed by atoms with Gasteiger partial charge in [-0.25, -0.2) is 0 Å². The molecule has 2 aromatic carbocycles. The number of hydrogen-bond acceptors (Lipinski definition) is 4. The minimum atomic E-state index is -0.0236. The van der Waals surface area contributed by atoms with Gasteiger partial charge in [0.1, 0.15) is 5.75 Å². The number of ether oxygens (including phenoxy) is 2. The van der Waals surface area contributed by atoms with Crippen LogP contribution in [0.3, 0.4) is 0 Å². The van der Waals surface area contributed by atoms with Gasteiger partial charge in [0.05, 0.1) is 13.2 Å². The van der Waals surface area contributed by atoms with E-state index in [9.17, 15) is 9.59 Å². The molecule has 2 heterocycles. The molecule has 6 nitrogen and oxygen atoms in total. The highest BCUT2D eigenvalue weighted by molar-refractivity contribution is 5.98. The van der Waals surface area contributed by atoms with E-state index in [0.717, 1.165) is 48.4 Å². The lowest BCUT2D eigenvalue weighted by atomic mass is 10.1. The van der Waals surface area contributed by atoms with E-state index in [0.29, 0.717) is 31.6 Å². The first kappa shape index (κ1) is 21.4. The number of anilines is 1. The molecule has 1 unspecified atom stereocenters. The topological polar surface area (TPSA) is 59.1 Å². The fraction of sp³-hybridized carbons (Fsp3) is 0.440. The molecule has 164 valence electrons. The summed E-state index contributed by atoms with van der Waals surface area (Å²) in [6.45, 7) is 4.32. The normalized spacial score (nSPS) is 17.5. The van der Waals surface area contributed by atoms with Crippen LogP contribution in [0, 0.1) is 0 Å². The number of fused-ring (bicyclic) bond motifs is 1. The highest BCUT2D eigenvalue weighted by Gasteiger charge is 2.28. The second kappa shape index (κ2) is 9.52. The number of carbonyl (C=O) groups is 2. The molecule has 1 saturated heterocycles. The molecule has 1 atom stereocenters. The largest absolute Gasteiger partial charge is 0.496 e. The zero-order chi connectivity index (χ0) is 21.8. The molecule has 2 aromatic rings. The molecule has 31 heavy (non-hydrogen) atoms. The Morgan fingerprint density at radius 3 is 2.81 bits per heavy atom. The van der Waals surface area contributed by atoms with Gasteiger partial charge in [0, 0.05) is 49.5 Å². The molecule has 0 aliphatic carbocycles. The van der Waals surface area contributed by atoms with Gasteiger partial charge in [0.25, 0.3) is 5.91 Å². The van der Waals surface area contributed by atoms with Gasteiger partial charge in [-0.2, -0.15) is 0 Å². The minimum absolute atomic E-state index is 0.0236. The summed E-state index contributed by atoms with van der Waals surface area (Å²) in [5.41, 5.74) is 3.61. The van der Waals surface area contributed by atoms with E-state index in [1.54, 1.807) is 7.11 Å². The third-order valence-electron chi connectivity index (χ3n) is 6.11. The Hall–Kier alpha value is -2.86. The average Bonchev–Trinajstić information content (AvgIpc) is 3.47. The van der Waals surface area contributed by atoms with E-state index in [2.05, 4.69) is 0 Å². The number of nitrogens with zero attached hydrogens (tertiary/aromatic N) is 2. The third-order valence-corrected chi connectivity index (χ3v) is 6.11. The molecule has 2 aliphatic rings. The molecule has 0 bridgehead atoms. The molecule has 0 spiro atoms. The number of methoxy groups -OCH3 is 1. The quantitative estimate of drug-likeness (QED) is 0.681. The molecule has 4 rings (SSSR count). The molecule has 0 radical (unpaired) electrons. The van der Waals surface area contributed by atoms with Crippen molar-refractivity contribution in [2.24, 2.45) is 0 Å². The van der Waals surface area contributed by atoms with Crippen molar-refractivity contribution in [3.8, 4) is 5.75 Å². The van der Waals surface area contributed by atoms with Crippen molar-refractivity contribution < 1.29 is 19.1 Å². The summed E-state index contributed by atoms with van der Waals surface area (Å²) >= 11 is 0. The molecule has 2 amide bonds. The average molecular weight is 423 g/mol. The van der Waals surface area contributed by atoms with Gasteiger partial charge in [-0.05, 0) is 49.1 Å². The summed E-state index contributed by atoms with van der Waals surface area (Å²) in [6, 6.07) is 13.5.